The maximum atomic E-state index is 13.1. The van der Waals surface area contributed by atoms with E-state index >= 15 is 0 Å². The minimum atomic E-state index is -0.323. The number of ketones is 1. The van der Waals surface area contributed by atoms with Gasteiger partial charge in [0, 0.05) is 35.6 Å². The molecule has 1 saturated heterocycles. The van der Waals surface area contributed by atoms with Crippen molar-refractivity contribution in [2.75, 3.05) is 18.4 Å². The van der Waals surface area contributed by atoms with Crippen LogP contribution < -0.4 is 5.32 Å². The van der Waals surface area contributed by atoms with Gasteiger partial charge in [0.15, 0.2) is 5.78 Å². The van der Waals surface area contributed by atoms with Crippen molar-refractivity contribution in [1.82, 2.24) is 9.88 Å². The Hall–Kier alpha value is -2.89. The van der Waals surface area contributed by atoms with Gasteiger partial charge in [-0.15, -0.1) is 0 Å². The zero-order valence-electron chi connectivity index (χ0n) is 18.7. The van der Waals surface area contributed by atoms with Crippen molar-refractivity contribution in [2.24, 2.45) is 11.8 Å². The lowest BCUT2D eigenvalue weighted by Crippen LogP contribution is -2.42. The van der Waals surface area contributed by atoms with E-state index in [0.29, 0.717) is 45.6 Å². The molecule has 1 aromatic heterocycles. The number of benzene rings is 1. The molecule has 1 fully saturated rings. The van der Waals surface area contributed by atoms with Gasteiger partial charge in [0.2, 0.25) is 0 Å². The number of hydrogen-bond donors (Lipinski definition) is 2. The van der Waals surface area contributed by atoms with Crippen molar-refractivity contribution >= 4 is 23.3 Å². The van der Waals surface area contributed by atoms with Crippen LogP contribution in [-0.4, -0.2) is 40.6 Å². The summed E-state index contributed by atoms with van der Waals surface area (Å²) >= 11 is 0. The van der Waals surface area contributed by atoms with Crippen molar-refractivity contribution < 1.29 is 14.4 Å². The summed E-state index contributed by atoms with van der Waals surface area (Å²) < 4.78 is 0. The van der Waals surface area contributed by atoms with Gasteiger partial charge in [-0.3, -0.25) is 14.4 Å². The molecule has 0 unspecified atom stereocenters. The number of anilines is 1. The molecule has 2 heterocycles. The molecule has 1 aromatic carbocycles. The highest BCUT2D eigenvalue weighted by Gasteiger charge is 2.27. The summed E-state index contributed by atoms with van der Waals surface area (Å²) in [4.78, 5) is 42.7. The quantitative estimate of drug-likeness (QED) is 0.729. The van der Waals surface area contributed by atoms with E-state index in [1.807, 2.05) is 24.0 Å². The number of aryl methyl sites for hydroxylation is 2. The topological polar surface area (TPSA) is 82.3 Å². The van der Waals surface area contributed by atoms with Crippen LogP contribution in [0.1, 0.15) is 75.2 Å². The number of piperidine rings is 1. The number of carbonyl (C=O) groups excluding carboxylic acids is 3. The molecule has 0 radical (unpaired) electrons. The summed E-state index contributed by atoms with van der Waals surface area (Å²) in [6, 6.07) is 5.42. The van der Waals surface area contributed by atoms with E-state index in [-0.39, 0.29) is 17.6 Å². The summed E-state index contributed by atoms with van der Waals surface area (Å²) in [6.07, 6.45) is 1.14. The first-order valence-corrected chi connectivity index (χ1v) is 10.5. The van der Waals surface area contributed by atoms with Crippen LogP contribution in [0.3, 0.4) is 0 Å². The van der Waals surface area contributed by atoms with E-state index in [0.717, 1.165) is 25.1 Å². The number of nitrogens with one attached hydrogen (secondary N) is 2. The normalized spacial score (nSPS) is 18.9. The van der Waals surface area contributed by atoms with Crippen LogP contribution in [0.4, 0.5) is 5.69 Å². The molecule has 0 bridgehead atoms. The minimum Gasteiger partial charge on any atom is -0.354 e. The Balaban J connectivity index is 1.84. The molecular formula is C24H31N3O3. The zero-order valence-corrected chi connectivity index (χ0v) is 18.7. The SMILES string of the molecule is CC(=O)c1c(C)[nH]c(C(=O)Nc2cc(C(=O)N3C[C@H](C)C[C@H](C)C3)ccc2C)c1C. The highest BCUT2D eigenvalue weighted by atomic mass is 16.2. The highest BCUT2D eigenvalue weighted by Crippen LogP contribution is 2.25. The van der Waals surface area contributed by atoms with Gasteiger partial charge in [0.1, 0.15) is 5.69 Å². The predicted octanol–water partition coefficient (Wildman–Crippen LogP) is 4.51. The van der Waals surface area contributed by atoms with E-state index in [1.165, 1.54) is 6.92 Å². The number of rotatable bonds is 4. The first-order chi connectivity index (χ1) is 14.1. The fourth-order valence-electron chi connectivity index (χ4n) is 4.59. The second-order valence-corrected chi connectivity index (χ2v) is 8.82. The van der Waals surface area contributed by atoms with Crippen LogP contribution in [0, 0.1) is 32.6 Å². The average molecular weight is 410 g/mol. The molecular weight excluding hydrogens is 378 g/mol. The maximum absolute atomic E-state index is 13.1. The molecule has 3 rings (SSSR count). The number of H-pyrrole nitrogens is 1. The molecule has 30 heavy (non-hydrogen) atoms. The van der Waals surface area contributed by atoms with Gasteiger partial charge in [0.25, 0.3) is 11.8 Å². The van der Waals surface area contributed by atoms with Gasteiger partial charge < -0.3 is 15.2 Å². The lowest BCUT2D eigenvalue weighted by Gasteiger charge is -2.35. The van der Waals surface area contributed by atoms with Gasteiger partial charge in [-0.05, 0) is 69.2 Å². The minimum absolute atomic E-state index is 0.00494. The van der Waals surface area contributed by atoms with Crippen molar-refractivity contribution in [3.8, 4) is 0 Å². The fraction of sp³-hybridized carbons (Fsp3) is 0.458. The Morgan fingerprint density at radius 2 is 1.70 bits per heavy atom. The van der Waals surface area contributed by atoms with E-state index in [9.17, 15) is 14.4 Å². The van der Waals surface area contributed by atoms with Crippen LogP contribution in [-0.2, 0) is 0 Å². The lowest BCUT2D eigenvalue weighted by molar-refractivity contribution is 0.0623. The summed E-state index contributed by atoms with van der Waals surface area (Å²) in [5.41, 5.74) is 4.27. The number of aromatic nitrogens is 1. The summed E-state index contributed by atoms with van der Waals surface area (Å²) in [7, 11) is 0. The van der Waals surface area contributed by atoms with E-state index < -0.39 is 0 Å². The Morgan fingerprint density at radius 1 is 1.07 bits per heavy atom. The largest absolute Gasteiger partial charge is 0.354 e. The Morgan fingerprint density at radius 3 is 2.27 bits per heavy atom. The lowest BCUT2D eigenvalue weighted by atomic mass is 9.91. The second kappa shape index (κ2) is 8.46. The molecule has 0 saturated carbocycles. The van der Waals surface area contributed by atoms with Crippen LogP contribution in [0.5, 0.6) is 0 Å². The first-order valence-electron chi connectivity index (χ1n) is 10.5. The molecule has 2 aromatic rings. The zero-order chi connectivity index (χ0) is 22.2. The third-order valence-corrected chi connectivity index (χ3v) is 5.91. The van der Waals surface area contributed by atoms with Crippen molar-refractivity contribution in [2.45, 2.75) is 48.0 Å². The average Bonchev–Trinajstić information content (AvgIpc) is 2.96. The smallest absolute Gasteiger partial charge is 0.272 e. The molecule has 2 amide bonds. The van der Waals surface area contributed by atoms with Gasteiger partial charge in [-0.1, -0.05) is 19.9 Å². The van der Waals surface area contributed by atoms with Crippen molar-refractivity contribution in [1.29, 1.82) is 0 Å². The van der Waals surface area contributed by atoms with Crippen molar-refractivity contribution in [3.05, 3.63) is 51.8 Å². The first kappa shape index (κ1) is 21.8. The monoisotopic (exact) mass is 409 g/mol. The molecule has 1 aliphatic heterocycles. The standard InChI is InChI=1S/C24H31N3O3/c1-13-9-14(2)12-27(11-13)24(30)19-8-7-15(3)20(10-19)26-23(29)22-16(4)21(18(6)28)17(5)25-22/h7-8,10,13-14,25H,9,11-12H2,1-6H3,(H,26,29)/t13-,14+. The van der Waals surface area contributed by atoms with Gasteiger partial charge >= 0.3 is 0 Å². The van der Waals surface area contributed by atoms with E-state index in [1.54, 1.807) is 19.9 Å². The number of carbonyl (C=O) groups is 3. The van der Waals surface area contributed by atoms with Crippen LogP contribution >= 0.6 is 0 Å². The second-order valence-electron chi connectivity index (χ2n) is 8.82. The number of amides is 2. The Kier molecular flexibility index (Phi) is 6.15. The third-order valence-electron chi connectivity index (χ3n) is 5.91. The number of likely N-dealkylation sites (tertiary alicyclic amines) is 1. The highest BCUT2D eigenvalue weighted by molar-refractivity contribution is 6.08. The molecule has 6 nitrogen and oxygen atoms in total. The van der Waals surface area contributed by atoms with Gasteiger partial charge in [0.05, 0.1) is 0 Å². The summed E-state index contributed by atoms with van der Waals surface area (Å²) in [6.45, 7) is 12.8. The van der Waals surface area contributed by atoms with Gasteiger partial charge in [-0.2, -0.15) is 0 Å². The maximum Gasteiger partial charge on any atom is 0.272 e. The predicted molar refractivity (Wildman–Crippen MR) is 118 cm³/mol. The van der Waals surface area contributed by atoms with Crippen molar-refractivity contribution in [3.63, 3.8) is 0 Å². The molecule has 0 spiro atoms. The molecule has 2 N–H and O–H groups in total. The number of nitrogens with zero attached hydrogens (tertiary/aromatic N) is 1. The number of Topliss-reactive ketones (excluding diaryl/α,β-unsaturated/α-hetero) is 1. The summed E-state index contributed by atoms with van der Waals surface area (Å²) in [5.74, 6) is 0.563. The number of hydrogen-bond acceptors (Lipinski definition) is 3. The number of aromatic amines is 1. The third kappa shape index (κ3) is 4.32. The Labute approximate surface area is 178 Å². The van der Waals surface area contributed by atoms with E-state index in [4.69, 9.17) is 0 Å². The van der Waals surface area contributed by atoms with Crippen LogP contribution in [0.2, 0.25) is 0 Å². The van der Waals surface area contributed by atoms with E-state index in [2.05, 4.69) is 24.1 Å². The molecule has 6 heteroatoms. The summed E-state index contributed by atoms with van der Waals surface area (Å²) in [5, 5.41) is 2.91. The molecule has 1 aliphatic rings. The van der Waals surface area contributed by atoms with Crippen LogP contribution in [0.25, 0.3) is 0 Å². The Bertz CT molecular complexity index is 995. The fourth-order valence-corrected chi connectivity index (χ4v) is 4.59. The van der Waals surface area contributed by atoms with Gasteiger partial charge in [-0.25, -0.2) is 0 Å². The molecule has 0 aliphatic carbocycles. The molecule has 160 valence electrons. The molecule has 2 atom stereocenters. The van der Waals surface area contributed by atoms with Crippen LogP contribution in [0.15, 0.2) is 18.2 Å².